The first-order valence-corrected chi connectivity index (χ1v) is 14.6. The summed E-state index contributed by atoms with van der Waals surface area (Å²) in [6.45, 7) is 3.35. The maximum absolute atomic E-state index is 14.0. The zero-order valence-electron chi connectivity index (χ0n) is 22.8. The molecule has 0 saturated heterocycles. The molecule has 0 unspecified atom stereocenters. The average Bonchev–Trinajstić information content (AvgIpc) is 3.51. The van der Waals surface area contributed by atoms with Crippen LogP contribution in [0.3, 0.4) is 0 Å². The fourth-order valence-electron chi connectivity index (χ4n) is 5.45. The van der Waals surface area contributed by atoms with Crippen molar-refractivity contribution >= 4 is 51.7 Å². The highest BCUT2D eigenvalue weighted by Crippen LogP contribution is 2.54. The maximum Gasteiger partial charge on any atom is 0.231 e. The second kappa shape index (κ2) is 10.8. The van der Waals surface area contributed by atoms with Gasteiger partial charge in [0, 0.05) is 24.1 Å². The van der Waals surface area contributed by atoms with Gasteiger partial charge in [-0.1, -0.05) is 30.7 Å². The van der Waals surface area contributed by atoms with Crippen molar-refractivity contribution in [2.24, 2.45) is 10.9 Å². The van der Waals surface area contributed by atoms with Crippen LogP contribution in [-0.4, -0.2) is 64.2 Å². The van der Waals surface area contributed by atoms with Crippen molar-refractivity contribution in [3.63, 3.8) is 0 Å². The molecular formula is C29H30ClN3O6S. The van der Waals surface area contributed by atoms with Gasteiger partial charge in [0.15, 0.2) is 17.3 Å². The van der Waals surface area contributed by atoms with Crippen LogP contribution in [0.2, 0.25) is 5.02 Å². The van der Waals surface area contributed by atoms with Crippen LogP contribution in [0.25, 0.3) is 11.0 Å². The van der Waals surface area contributed by atoms with E-state index in [4.69, 9.17) is 35.8 Å². The molecule has 40 heavy (non-hydrogen) atoms. The van der Waals surface area contributed by atoms with Gasteiger partial charge in [0.05, 0.1) is 30.8 Å². The molecule has 1 aliphatic carbocycles. The largest absolute Gasteiger partial charge is 0.507 e. The van der Waals surface area contributed by atoms with Crippen molar-refractivity contribution in [1.82, 2.24) is 9.97 Å². The standard InChI is InChI=1S/C29H30ClN3O6S/c1-14-12-19(34)22(15(2)31-18(10-11-40-5)28-32-16-8-6-7-9-17(16)33-28)26(35)29(14)27(36)23-20(37-3)13-21(38-4)24(30)25(23)39-29/h6-9,13-14,18,35H,10-12H2,1-5H3,(H,32,33)/t14-,18+,29+/m1/s1. The van der Waals surface area contributed by atoms with Crippen molar-refractivity contribution in [3.05, 3.63) is 58.1 Å². The molecule has 2 N–H and O–H groups in total. The van der Waals surface area contributed by atoms with Crippen LogP contribution in [-0.2, 0) is 4.79 Å². The van der Waals surface area contributed by atoms with Crippen molar-refractivity contribution in [1.29, 1.82) is 0 Å². The molecule has 0 amide bonds. The molecule has 3 atom stereocenters. The van der Waals surface area contributed by atoms with Gasteiger partial charge >= 0.3 is 0 Å². The molecule has 11 heteroatoms. The number of aliphatic hydroxyl groups is 1. The second-order valence-electron chi connectivity index (χ2n) is 9.87. The van der Waals surface area contributed by atoms with Crippen LogP contribution in [0.5, 0.6) is 17.2 Å². The van der Waals surface area contributed by atoms with E-state index in [1.165, 1.54) is 20.3 Å². The van der Waals surface area contributed by atoms with Gasteiger partial charge in [-0.2, -0.15) is 11.8 Å². The number of aromatic nitrogens is 2. The van der Waals surface area contributed by atoms with Crippen LogP contribution < -0.4 is 14.2 Å². The number of hydrogen-bond donors (Lipinski definition) is 2. The smallest absolute Gasteiger partial charge is 0.231 e. The van der Waals surface area contributed by atoms with E-state index >= 15 is 0 Å². The summed E-state index contributed by atoms with van der Waals surface area (Å²) in [6, 6.07) is 8.78. The number of ether oxygens (including phenoxy) is 3. The molecule has 2 aliphatic rings. The number of H-pyrrole nitrogens is 1. The number of benzene rings is 2. The van der Waals surface area contributed by atoms with Gasteiger partial charge in [-0.15, -0.1) is 0 Å². The van der Waals surface area contributed by atoms with Gasteiger partial charge in [-0.05, 0) is 37.5 Å². The van der Waals surface area contributed by atoms with Crippen LogP contribution in [0.1, 0.15) is 48.9 Å². The quantitative estimate of drug-likeness (QED) is 0.313. The maximum atomic E-state index is 14.0. The number of halogens is 1. The topological polar surface area (TPSA) is 123 Å². The highest BCUT2D eigenvalue weighted by molar-refractivity contribution is 7.98. The van der Waals surface area contributed by atoms with E-state index in [0.717, 1.165) is 16.8 Å². The number of fused-ring (bicyclic) bond motifs is 2. The van der Waals surface area contributed by atoms with Crippen molar-refractivity contribution in [2.75, 3.05) is 26.2 Å². The van der Waals surface area contributed by atoms with E-state index in [9.17, 15) is 14.7 Å². The summed E-state index contributed by atoms with van der Waals surface area (Å²) in [6.07, 6.45) is 2.62. The van der Waals surface area contributed by atoms with Crippen LogP contribution in [0, 0.1) is 5.92 Å². The summed E-state index contributed by atoms with van der Waals surface area (Å²) >= 11 is 8.21. The first-order chi connectivity index (χ1) is 19.2. The Labute approximate surface area is 241 Å². The normalized spacial score (nSPS) is 21.6. The number of carbonyl (C=O) groups excluding carboxylic acids is 2. The lowest BCUT2D eigenvalue weighted by Gasteiger charge is -2.37. The third kappa shape index (κ3) is 4.34. The molecule has 2 aromatic carbocycles. The van der Waals surface area contributed by atoms with Gasteiger partial charge in [0.25, 0.3) is 0 Å². The number of imidazole rings is 1. The number of hydrogen-bond acceptors (Lipinski definition) is 9. The van der Waals surface area contributed by atoms with Gasteiger partial charge in [-0.25, -0.2) is 4.98 Å². The molecule has 3 aromatic rings. The first-order valence-electron chi connectivity index (χ1n) is 12.8. The number of Topliss-reactive ketones (excluding diaryl/α,β-unsaturated/α-hetero) is 2. The molecule has 0 saturated carbocycles. The molecule has 5 rings (SSSR count). The fraction of sp³-hybridized carbons (Fsp3) is 0.379. The number of methoxy groups -OCH3 is 2. The number of para-hydroxylation sites is 2. The Hall–Kier alpha value is -3.50. The minimum atomic E-state index is -1.86. The molecule has 2 heterocycles. The Morgan fingerprint density at radius 2 is 2.02 bits per heavy atom. The predicted octanol–water partition coefficient (Wildman–Crippen LogP) is 5.92. The summed E-state index contributed by atoms with van der Waals surface area (Å²) in [5.41, 5.74) is 0.184. The third-order valence-corrected chi connectivity index (χ3v) is 8.50. The molecule has 0 radical (unpaired) electrons. The number of aliphatic imine (C=N–C) groups is 1. The molecule has 1 aliphatic heterocycles. The Bertz CT molecular complexity index is 1550. The van der Waals surface area contributed by atoms with Crippen molar-refractivity contribution in [2.45, 2.75) is 38.3 Å². The average molecular weight is 584 g/mol. The van der Waals surface area contributed by atoms with Gasteiger partial charge in [-0.3, -0.25) is 14.6 Å². The number of allylic oxidation sites excluding steroid dienone is 1. The van der Waals surface area contributed by atoms with Crippen molar-refractivity contribution < 1.29 is 28.9 Å². The summed E-state index contributed by atoms with van der Waals surface area (Å²) in [5, 5.41) is 11.8. The molecule has 0 bridgehead atoms. The highest BCUT2D eigenvalue weighted by Gasteiger charge is 2.61. The minimum Gasteiger partial charge on any atom is -0.507 e. The monoisotopic (exact) mass is 583 g/mol. The summed E-state index contributed by atoms with van der Waals surface area (Å²) in [4.78, 5) is 40.3. The Morgan fingerprint density at radius 1 is 1.30 bits per heavy atom. The predicted molar refractivity (Wildman–Crippen MR) is 156 cm³/mol. The lowest BCUT2D eigenvalue weighted by molar-refractivity contribution is -0.118. The fourth-order valence-corrected chi connectivity index (χ4v) is 6.17. The number of ketones is 2. The molecule has 1 spiro atoms. The Balaban J connectivity index is 1.62. The number of aromatic amines is 1. The number of aliphatic hydroxyl groups excluding tert-OH is 1. The molecule has 9 nitrogen and oxygen atoms in total. The van der Waals surface area contributed by atoms with Crippen LogP contribution in [0.15, 0.2) is 46.7 Å². The van der Waals surface area contributed by atoms with E-state index in [-0.39, 0.29) is 45.6 Å². The number of carbonyl (C=O) groups is 2. The lowest BCUT2D eigenvalue weighted by atomic mass is 9.72. The summed E-state index contributed by atoms with van der Waals surface area (Å²) in [7, 11) is 2.85. The summed E-state index contributed by atoms with van der Waals surface area (Å²) in [5.74, 6) is -0.0782. The molecule has 210 valence electrons. The molecule has 1 aromatic heterocycles. The lowest BCUT2D eigenvalue weighted by Crippen LogP contribution is -2.53. The van der Waals surface area contributed by atoms with Gasteiger partial charge in [0.2, 0.25) is 11.4 Å². The number of nitrogens with one attached hydrogen (secondary N) is 1. The highest BCUT2D eigenvalue weighted by atomic mass is 35.5. The zero-order chi connectivity index (χ0) is 28.8. The zero-order valence-corrected chi connectivity index (χ0v) is 24.4. The van der Waals surface area contributed by atoms with Gasteiger partial charge < -0.3 is 24.3 Å². The Morgan fingerprint density at radius 3 is 2.70 bits per heavy atom. The Kier molecular flexibility index (Phi) is 7.58. The minimum absolute atomic E-state index is 0.0356. The third-order valence-electron chi connectivity index (χ3n) is 7.50. The SMILES string of the molecule is COc1cc(OC)c2c(c1Cl)O[C@]1(C2=O)C(O)=C(C(C)=N[C@@H](CCSC)c2nc3ccccc3[nH]2)C(=O)C[C@H]1C. The molecule has 0 fully saturated rings. The number of thioether (sulfide) groups is 1. The molecular weight excluding hydrogens is 554 g/mol. The van der Waals surface area contributed by atoms with E-state index in [1.807, 2.05) is 30.5 Å². The summed E-state index contributed by atoms with van der Waals surface area (Å²) < 4.78 is 17.0. The van der Waals surface area contributed by atoms with Crippen molar-refractivity contribution in [3.8, 4) is 17.2 Å². The van der Waals surface area contributed by atoms with Gasteiger partial charge in [0.1, 0.15) is 34.0 Å². The van der Waals surface area contributed by atoms with Crippen LogP contribution in [0.4, 0.5) is 0 Å². The van der Waals surface area contributed by atoms with E-state index in [1.54, 1.807) is 25.6 Å². The van der Waals surface area contributed by atoms with E-state index < -0.39 is 29.1 Å². The number of nitrogens with zero attached hydrogens (tertiary/aromatic N) is 2. The second-order valence-corrected chi connectivity index (χ2v) is 11.2. The van der Waals surface area contributed by atoms with E-state index in [0.29, 0.717) is 18.0 Å². The van der Waals surface area contributed by atoms with Crippen LogP contribution >= 0.6 is 23.4 Å². The first kappa shape index (κ1) is 28.0. The number of rotatable bonds is 8. The van der Waals surface area contributed by atoms with E-state index in [2.05, 4.69) is 4.98 Å².